The molecule has 0 unspecified atom stereocenters. The molecule has 1 fully saturated rings. The molecule has 1 aromatic heterocycles. The Morgan fingerprint density at radius 2 is 1.58 bits per heavy atom. The van der Waals surface area contributed by atoms with Gasteiger partial charge in [-0.2, -0.15) is 17.6 Å². The van der Waals surface area contributed by atoms with Gasteiger partial charge in [0, 0.05) is 17.9 Å². The minimum Gasteiger partial charge on any atom is -0.399 e. The topological polar surface area (TPSA) is 70.4 Å². The second-order valence-electron chi connectivity index (χ2n) is 7.05. The minimum absolute atomic E-state index is 0.191. The maximum atomic E-state index is 12.6. The predicted octanol–water partition coefficient (Wildman–Crippen LogP) is 1.73. The van der Waals surface area contributed by atoms with Crippen LogP contribution in [0.25, 0.3) is 0 Å². The average Bonchev–Trinajstić information content (AvgIpc) is 3.03. The first-order chi connectivity index (χ1) is 11.0. The van der Waals surface area contributed by atoms with Crippen molar-refractivity contribution in [3.8, 4) is 0 Å². The third-order valence-corrected chi connectivity index (χ3v) is 6.23. The molecule has 0 amide bonds. The number of benzene rings is 1. The third-order valence-electron chi connectivity index (χ3n) is 4.67. The molecule has 0 aliphatic carbocycles. The van der Waals surface area contributed by atoms with E-state index in [0.29, 0.717) is 5.46 Å². The first kappa shape index (κ1) is 17.2. The normalized spacial score (nSPS) is 19.6. The van der Waals surface area contributed by atoms with Crippen LogP contribution in [0.3, 0.4) is 0 Å². The van der Waals surface area contributed by atoms with Crippen LogP contribution in [-0.2, 0) is 19.3 Å². The first-order valence-corrected chi connectivity index (χ1v) is 9.19. The maximum absolute atomic E-state index is 12.6. The Morgan fingerprint density at radius 3 is 2.12 bits per heavy atom. The lowest BCUT2D eigenvalue weighted by Crippen LogP contribution is -2.41. The highest BCUT2D eigenvalue weighted by Crippen LogP contribution is 2.36. The van der Waals surface area contributed by atoms with Crippen LogP contribution in [0.5, 0.6) is 0 Å². The molecule has 6 nitrogen and oxygen atoms in total. The van der Waals surface area contributed by atoms with E-state index in [0.717, 1.165) is 9.65 Å². The number of hydrogen-bond donors (Lipinski definition) is 0. The molecule has 0 radical (unpaired) electrons. The highest BCUT2D eigenvalue weighted by molar-refractivity contribution is 7.89. The number of hydrogen-bond acceptors (Lipinski definition) is 5. The van der Waals surface area contributed by atoms with Gasteiger partial charge >= 0.3 is 7.12 Å². The van der Waals surface area contributed by atoms with E-state index in [4.69, 9.17) is 9.31 Å². The van der Waals surface area contributed by atoms with Gasteiger partial charge in [0.05, 0.1) is 16.1 Å². The molecule has 2 heterocycles. The van der Waals surface area contributed by atoms with Gasteiger partial charge in [0.1, 0.15) is 0 Å². The van der Waals surface area contributed by atoms with Crippen LogP contribution in [0.15, 0.2) is 41.6 Å². The van der Waals surface area contributed by atoms with Crippen molar-refractivity contribution in [2.45, 2.75) is 50.7 Å². The SMILES string of the molecule is Cc1ccc(S(=O)(=O)n2cc(B3OC(C)(C)C(C)(C)O3)cn2)cc1. The standard InChI is InChI=1S/C16H21BN2O4S/c1-12-6-8-14(9-7-12)24(20,21)19-11-13(10-18-19)17-22-15(2,3)16(4,5)23-17/h6-11H,1-5H3. The molecule has 0 spiro atoms. The summed E-state index contributed by atoms with van der Waals surface area (Å²) in [7, 11) is -4.37. The van der Waals surface area contributed by atoms with E-state index in [1.807, 2.05) is 34.6 Å². The molecule has 128 valence electrons. The van der Waals surface area contributed by atoms with Gasteiger partial charge in [-0.15, -0.1) is 0 Å². The monoisotopic (exact) mass is 348 g/mol. The number of nitrogens with zero attached hydrogens (tertiary/aromatic N) is 2. The van der Waals surface area contributed by atoms with Crippen LogP contribution in [0, 0.1) is 6.92 Å². The zero-order valence-electron chi connectivity index (χ0n) is 14.5. The van der Waals surface area contributed by atoms with E-state index in [1.54, 1.807) is 24.3 Å². The fourth-order valence-corrected chi connectivity index (χ4v) is 3.50. The Kier molecular flexibility index (Phi) is 3.90. The molecular weight excluding hydrogens is 327 g/mol. The summed E-state index contributed by atoms with van der Waals surface area (Å²) in [6.45, 7) is 9.68. The van der Waals surface area contributed by atoms with Crippen LogP contribution in [0.2, 0.25) is 0 Å². The molecule has 0 bridgehead atoms. The lowest BCUT2D eigenvalue weighted by Gasteiger charge is -2.32. The molecule has 1 aliphatic heterocycles. The highest BCUT2D eigenvalue weighted by Gasteiger charge is 2.52. The lowest BCUT2D eigenvalue weighted by molar-refractivity contribution is 0.00578. The fourth-order valence-electron chi connectivity index (χ4n) is 2.37. The van der Waals surface area contributed by atoms with Crippen molar-refractivity contribution in [3.63, 3.8) is 0 Å². The van der Waals surface area contributed by atoms with Crippen LogP contribution < -0.4 is 5.46 Å². The summed E-state index contributed by atoms with van der Waals surface area (Å²) in [4.78, 5) is 0.191. The van der Waals surface area contributed by atoms with Crippen molar-refractivity contribution in [2.24, 2.45) is 0 Å². The molecule has 8 heteroatoms. The van der Waals surface area contributed by atoms with Crippen LogP contribution in [0.1, 0.15) is 33.3 Å². The second kappa shape index (κ2) is 5.44. The number of rotatable bonds is 3. The van der Waals surface area contributed by atoms with E-state index in [1.165, 1.54) is 12.4 Å². The molecule has 0 saturated carbocycles. The van der Waals surface area contributed by atoms with Crippen molar-refractivity contribution in [3.05, 3.63) is 42.2 Å². The van der Waals surface area contributed by atoms with Gasteiger partial charge in [-0.3, -0.25) is 0 Å². The summed E-state index contributed by atoms with van der Waals surface area (Å²) in [6, 6.07) is 6.65. The number of aromatic nitrogens is 2. The molecule has 3 rings (SSSR count). The average molecular weight is 348 g/mol. The van der Waals surface area contributed by atoms with E-state index >= 15 is 0 Å². The Bertz CT molecular complexity index is 840. The maximum Gasteiger partial charge on any atom is 0.498 e. The lowest BCUT2D eigenvalue weighted by atomic mass is 9.82. The van der Waals surface area contributed by atoms with E-state index in [-0.39, 0.29) is 4.90 Å². The van der Waals surface area contributed by atoms with Gasteiger partial charge in [0.25, 0.3) is 10.0 Å². The summed E-state index contributed by atoms with van der Waals surface area (Å²) >= 11 is 0. The first-order valence-electron chi connectivity index (χ1n) is 7.75. The molecule has 1 aromatic carbocycles. The van der Waals surface area contributed by atoms with Crippen molar-refractivity contribution in [2.75, 3.05) is 0 Å². The largest absolute Gasteiger partial charge is 0.498 e. The van der Waals surface area contributed by atoms with Crippen LogP contribution in [0.4, 0.5) is 0 Å². The number of aryl methyl sites for hydroxylation is 1. The van der Waals surface area contributed by atoms with Gasteiger partial charge in [0.2, 0.25) is 0 Å². The molecule has 1 aliphatic rings. The molecule has 2 aromatic rings. The van der Waals surface area contributed by atoms with Crippen molar-refractivity contribution in [1.29, 1.82) is 0 Å². The van der Waals surface area contributed by atoms with Gasteiger partial charge in [-0.05, 0) is 46.8 Å². The third kappa shape index (κ3) is 2.79. The van der Waals surface area contributed by atoms with E-state index < -0.39 is 28.3 Å². The van der Waals surface area contributed by atoms with Crippen LogP contribution >= 0.6 is 0 Å². The summed E-state index contributed by atoms with van der Waals surface area (Å²) in [5.41, 5.74) is 0.585. The molecule has 0 N–H and O–H groups in total. The van der Waals surface area contributed by atoms with Crippen molar-refractivity contribution in [1.82, 2.24) is 9.19 Å². The van der Waals surface area contributed by atoms with Gasteiger partial charge in [0.15, 0.2) is 0 Å². The van der Waals surface area contributed by atoms with Gasteiger partial charge in [-0.25, -0.2) is 0 Å². The van der Waals surface area contributed by atoms with Crippen molar-refractivity contribution >= 4 is 22.6 Å². The van der Waals surface area contributed by atoms with E-state index in [9.17, 15) is 8.42 Å². The van der Waals surface area contributed by atoms with E-state index in [2.05, 4.69) is 5.10 Å². The second-order valence-corrected chi connectivity index (χ2v) is 8.85. The van der Waals surface area contributed by atoms with Crippen molar-refractivity contribution < 1.29 is 17.7 Å². The summed E-state index contributed by atoms with van der Waals surface area (Å²) in [5.74, 6) is 0. The van der Waals surface area contributed by atoms with Gasteiger partial charge < -0.3 is 9.31 Å². The molecule has 1 saturated heterocycles. The highest BCUT2D eigenvalue weighted by atomic mass is 32.2. The zero-order chi connectivity index (χ0) is 17.8. The fraction of sp³-hybridized carbons (Fsp3) is 0.438. The predicted molar refractivity (Wildman–Crippen MR) is 91.7 cm³/mol. The Labute approximate surface area is 143 Å². The Hall–Kier alpha value is -1.64. The smallest absolute Gasteiger partial charge is 0.399 e. The van der Waals surface area contributed by atoms with Gasteiger partial charge in [-0.1, -0.05) is 17.7 Å². The van der Waals surface area contributed by atoms with Crippen LogP contribution in [-0.4, -0.2) is 35.9 Å². The Balaban J connectivity index is 1.90. The summed E-state index contributed by atoms with van der Waals surface area (Å²) in [6.07, 6.45) is 2.91. The molecule has 0 atom stereocenters. The quantitative estimate of drug-likeness (QED) is 0.790. The minimum atomic E-state index is -3.73. The summed E-state index contributed by atoms with van der Waals surface area (Å²) < 4.78 is 38.1. The zero-order valence-corrected chi connectivity index (χ0v) is 15.3. The molecule has 24 heavy (non-hydrogen) atoms. The summed E-state index contributed by atoms with van der Waals surface area (Å²) in [5, 5.41) is 4.00. The Morgan fingerprint density at radius 1 is 1.04 bits per heavy atom. The molecular formula is C16H21BN2O4S.